The Labute approximate surface area is 168 Å². The highest BCUT2D eigenvalue weighted by Crippen LogP contribution is 2.22. The molecule has 136 valence electrons. The van der Waals surface area contributed by atoms with Crippen LogP contribution in [0, 0.1) is 18.4 Å². The molecule has 0 aliphatic heterocycles. The Bertz CT molecular complexity index is 844. The standard InChI is InChI=1S/C19H23IN6/c1-14-6-4-7-17(20)18(15(2)10-14)25-19(24-12-21)23-8-5-9-26-13-22-11-16(26)3/h4,10-11,13H,5-6,8-9H2,1-3H3,(H2,23,24,25)/b14-10-,18-15+. The Morgan fingerprint density at radius 2 is 2.27 bits per heavy atom. The van der Waals surface area contributed by atoms with Gasteiger partial charge in [-0.3, -0.25) is 0 Å². The lowest BCUT2D eigenvalue weighted by Crippen LogP contribution is -2.38. The molecule has 1 heterocycles. The summed E-state index contributed by atoms with van der Waals surface area (Å²) in [5, 5.41) is 15.5. The van der Waals surface area contributed by atoms with Crippen LogP contribution in [0.4, 0.5) is 0 Å². The summed E-state index contributed by atoms with van der Waals surface area (Å²) in [7, 11) is 0. The minimum Gasteiger partial charge on any atom is -0.355 e. The molecule has 6 nitrogen and oxygen atoms in total. The minimum absolute atomic E-state index is 0.451. The van der Waals surface area contributed by atoms with Gasteiger partial charge in [0.2, 0.25) is 12.2 Å². The highest BCUT2D eigenvalue weighted by atomic mass is 127. The maximum absolute atomic E-state index is 9.00. The molecule has 0 aromatic carbocycles. The van der Waals surface area contributed by atoms with Crippen LogP contribution in [0.1, 0.15) is 32.4 Å². The van der Waals surface area contributed by atoms with E-state index in [1.165, 1.54) is 5.57 Å². The van der Waals surface area contributed by atoms with E-state index in [4.69, 9.17) is 5.26 Å². The van der Waals surface area contributed by atoms with Gasteiger partial charge in [-0.05, 0) is 67.9 Å². The first-order valence-corrected chi connectivity index (χ1v) is 9.52. The van der Waals surface area contributed by atoms with Crippen molar-refractivity contribution in [2.24, 2.45) is 4.99 Å². The number of guanidine groups is 1. The maximum atomic E-state index is 9.00. The van der Waals surface area contributed by atoms with Crippen molar-refractivity contribution in [3.05, 3.63) is 56.5 Å². The SMILES string of the molecule is C/C1=C/C(C)=C(/N/C(=N/C#N)NCCCn2cncc2C)C(I)=C=CC1. The largest absolute Gasteiger partial charge is 0.355 e. The van der Waals surface area contributed by atoms with Crippen LogP contribution < -0.4 is 10.6 Å². The van der Waals surface area contributed by atoms with Crippen molar-refractivity contribution in [3.8, 4) is 6.19 Å². The van der Waals surface area contributed by atoms with Gasteiger partial charge in [-0.15, -0.1) is 10.7 Å². The quantitative estimate of drug-likeness (QED) is 0.175. The Hall–Kier alpha value is -2.30. The molecule has 2 rings (SSSR count). The zero-order valence-electron chi connectivity index (χ0n) is 15.3. The number of aromatic nitrogens is 2. The van der Waals surface area contributed by atoms with Gasteiger partial charge in [0, 0.05) is 25.0 Å². The van der Waals surface area contributed by atoms with Crippen LogP contribution >= 0.6 is 22.6 Å². The molecule has 1 aromatic heterocycles. The summed E-state index contributed by atoms with van der Waals surface area (Å²) >= 11 is 2.25. The molecule has 0 saturated carbocycles. The first kappa shape index (κ1) is 20.0. The van der Waals surface area contributed by atoms with E-state index < -0.39 is 0 Å². The third kappa shape index (κ3) is 5.90. The summed E-state index contributed by atoms with van der Waals surface area (Å²) < 4.78 is 3.06. The number of halogens is 1. The zero-order chi connectivity index (χ0) is 18.9. The lowest BCUT2D eigenvalue weighted by molar-refractivity contribution is 0.616. The lowest BCUT2D eigenvalue weighted by Gasteiger charge is -2.16. The average Bonchev–Trinajstić information content (AvgIpc) is 3.00. The normalized spacial score (nSPS) is 19.7. The number of nitrogens with one attached hydrogen (secondary N) is 2. The Kier molecular flexibility index (Phi) is 7.70. The topological polar surface area (TPSA) is 78.0 Å². The molecule has 0 amide bonds. The molecule has 0 spiro atoms. The van der Waals surface area contributed by atoms with E-state index in [9.17, 15) is 0 Å². The number of hydrogen-bond donors (Lipinski definition) is 2. The summed E-state index contributed by atoms with van der Waals surface area (Å²) in [6, 6.07) is 0. The van der Waals surface area contributed by atoms with Crippen LogP contribution in [0.15, 0.2) is 55.8 Å². The van der Waals surface area contributed by atoms with Gasteiger partial charge >= 0.3 is 0 Å². The monoisotopic (exact) mass is 462 g/mol. The Morgan fingerprint density at radius 1 is 1.46 bits per heavy atom. The van der Waals surface area contributed by atoms with Gasteiger partial charge in [0.1, 0.15) is 0 Å². The molecule has 1 aromatic rings. The van der Waals surface area contributed by atoms with Crippen molar-refractivity contribution < 1.29 is 0 Å². The predicted molar refractivity (Wildman–Crippen MR) is 112 cm³/mol. The molecule has 7 heteroatoms. The number of imidazole rings is 1. The summed E-state index contributed by atoms with van der Waals surface area (Å²) in [4.78, 5) is 8.00. The molecule has 0 bridgehead atoms. The number of nitriles is 1. The van der Waals surface area contributed by atoms with E-state index in [2.05, 4.69) is 66.5 Å². The lowest BCUT2D eigenvalue weighted by atomic mass is 10.1. The first-order valence-electron chi connectivity index (χ1n) is 8.44. The van der Waals surface area contributed by atoms with Gasteiger partial charge in [0.15, 0.2) is 0 Å². The first-order chi connectivity index (χ1) is 12.5. The second kappa shape index (κ2) is 10.00. The van der Waals surface area contributed by atoms with E-state index in [-0.39, 0.29) is 0 Å². The fourth-order valence-electron chi connectivity index (χ4n) is 2.56. The van der Waals surface area contributed by atoms with E-state index in [0.717, 1.165) is 39.9 Å². The Balaban J connectivity index is 2.02. The third-order valence-corrected chi connectivity index (χ3v) is 4.77. The van der Waals surface area contributed by atoms with Gasteiger partial charge < -0.3 is 15.2 Å². The van der Waals surface area contributed by atoms with Gasteiger partial charge in [-0.2, -0.15) is 5.26 Å². The van der Waals surface area contributed by atoms with Gasteiger partial charge in [0.05, 0.1) is 15.6 Å². The fourth-order valence-corrected chi connectivity index (χ4v) is 3.34. The van der Waals surface area contributed by atoms with Crippen LogP contribution in [-0.2, 0) is 6.54 Å². The summed E-state index contributed by atoms with van der Waals surface area (Å²) in [5.74, 6) is 0.451. The van der Waals surface area contributed by atoms with E-state index in [1.807, 2.05) is 38.6 Å². The number of aryl methyl sites for hydroxylation is 2. The number of allylic oxidation sites excluding steroid dienone is 4. The molecule has 1 aliphatic rings. The molecule has 2 N–H and O–H groups in total. The van der Waals surface area contributed by atoms with Crippen LogP contribution in [0.2, 0.25) is 0 Å². The summed E-state index contributed by atoms with van der Waals surface area (Å²) in [5.41, 5.74) is 7.68. The van der Waals surface area contributed by atoms with Crippen LogP contribution in [0.25, 0.3) is 0 Å². The Morgan fingerprint density at radius 3 is 2.96 bits per heavy atom. The van der Waals surface area contributed by atoms with Gasteiger partial charge in [0.25, 0.3) is 0 Å². The van der Waals surface area contributed by atoms with Crippen molar-refractivity contribution in [3.63, 3.8) is 0 Å². The molecular formula is C19H23IN6. The smallest absolute Gasteiger partial charge is 0.211 e. The van der Waals surface area contributed by atoms with Crippen LogP contribution in [0.5, 0.6) is 0 Å². The molecular weight excluding hydrogens is 439 g/mol. The predicted octanol–water partition coefficient (Wildman–Crippen LogP) is 3.70. The van der Waals surface area contributed by atoms with Crippen molar-refractivity contribution in [1.29, 1.82) is 5.26 Å². The fraction of sp³-hybridized carbons (Fsp3) is 0.368. The molecule has 0 unspecified atom stereocenters. The average molecular weight is 462 g/mol. The van der Waals surface area contributed by atoms with Crippen LogP contribution in [-0.4, -0.2) is 22.1 Å². The third-order valence-electron chi connectivity index (χ3n) is 3.92. The van der Waals surface area contributed by atoms with Gasteiger partial charge in [-0.1, -0.05) is 11.6 Å². The van der Waals surface area contributed by atoms with Crippen LogP contribution in [0.3, 0.4) is 0 Å². The minimum atomic E-state index is 0.451. The van der Waals surface area contributed by atoms with E-state index >= 15 is 0 Å². The van der Waals surface area contributed by atoms with Gasteiger partial charge in [-0.25, -0.2) is 4.98 Å². The molecule has 1 aliphatic carbocycles. The number of hydrogen-bond acceptors (Lipinski definition) is 3. The number of rotatable bonds is 5. The van der Waals surface area contributed by atoms with Crippen molar-refractivity contribution in [2.75, 3.05) is 6.54 Å². The highest BCUT2D eigenvalue weighted by Gasteiger charge is 2.10. The molecule has 0 atom stereocenters. The highest BCUT2D eigenvalue weighted by molar-refractivity contribution is 14.1. The van der Waals surface area contributed by atoms with Crippen molar-refractivity contribution in [1.82, 2.24) is 20.2 Å². The zero-order valence-corrected chi connectivity index (χ0v) is 17.5. The second-order valence-corrected chi connectivity index (χ2v) is 7.19. The molecule has 0 fully saturated rings. The van der Waals surface area contributed by atoms with E-state index in [1.54, 1.807) is 0 Å². The molecule has 0 saturated heterocycles. The molecule has 26 heavy (non-hydrogen) atoms. The maximum Gasteiger partial charge on any atom is 0.211 e. The number of nitrogens with zero attached hydrogens (tertiary/aromatic N) is 4. The second-order valence-electron chi connectivity index (χ2n) is 6.11. The van der Waals surface area contributed by atoms with Crippen molar-refractivity contribution >= 4 is 28.6 Å². The number of aliphatic imine (C=N–C) groups is 1. The summed E-state index contributed by atoms with van der Waals surface area (Å²) in [6.07, 6.45) is 11.5. The van der Waals surface area contributed by atoms with E-state index in [0.29, 0.717) is 12.5 Å². The molecule has 0 radical (unpaired) electrons. The summed E-state index contributed by atoms with van der Waals surface area (Å²) in [6.45, 7) is 7.73. The van der Waals surface area contributed by atoms with Crippen molar-refractivity contribution in [2.45, 2.75) is 40.2 Å².